The van der Waals surface area contributed by atoms with Crippen molar-refractivity contribution in [3.8, 4) is 0 Å². The van der Waals surface area contributed by atoms with Gasteiger partial charge in [0.1, 0.15) is 30.5 Å². The Balaban J connectivity index is 1.85. The highest BCUT2D eigenvalue weighted by molar-refractivity contribution is 7.18. The number of ether oxygens (including phenoxy) is 4. The molecule has 3 heterocycles. The normalized spacial score (nSPS) is 25.0. The van der Waals surface area contributed by atoms with Crippen molar-refractivity contribution in [3.63, 3.8) is 0 Å². The molecule has 0 spiro atoms. The predicted molar refractivity (Wildman–Crippen MR) is 140 cm³/mol. The van der Waals surface area contributed by atoms with Crippen LogP contribution in [0.5, 0.6) is 0 Å². The van der Waals surface area contributed by atoms with Gasteiger partial charge in [0.05, 0.1) is 19.4 Å². The largest absolute Gasteiger partial charge is 0.457 e. The number of aliphatic imine (C=N–C) groups is 2. The third kappa shape index (κ3) is 8.78. The first kappa shape index (κ1) is 33.1. The molecule has 1 saturated heterocycles. The number of hydrogen-bond acceptors (Lipinski definition) is 20. The van der Waals surface area contributed by atoms with Gasteiger partial charge < -0.3 is 64.7 Å². The van der Waals surface area contributed by atoms with E-state index in [2.05, 4.69) is 20.0 Å². The topological polar surface area (TPSA) is 292 Å². The summed E-state index contributed by atoms with van der Waals surface area (Å²) in [7, 11) is 0. The number of aliphatic hydroxyl groups excluding tert-OH is 5. The molecule has 230 valence electrons. The van der Waals surface area contributed by atoms with Gasteiger partial charge in [-0.05, 0) is 42.5 Å². The number of aliphatic hydroxyl groups is 5. The molecule has 1 aliphatic rings. The summed E-state index contributed by atoms with van der Waals surface area (Å²) in [5.74, 6) is -0.870. The summed E-state index contributed by atoms with van der Waals surface area (Å²) in [6, 6.07) is 0. The number of rotatable bonds is 14. The first-order valence-corrected chi connectivity index (χ1v) is 13.2. The third-order valence-corrected chi connectivity index (χ3v) is 6.94. The van der Waals surface area contributed by atoms with Crippen molar-refractivity contribution in [2.75, 3.05) is 13.2 Å². The Morgan fingerprint density at radius 2 is 1.67 bits per heavy atom. The zero-order valence-corrected chi connectivity index (χ0v) is 22.9. The third-order valence-electron chi connectivity index (χ3n) is 5.23. The monoisotopic (exact) mass is 636 g/mol. The van der Waals surface area contributed by atoms with Gasteiger partial charge in [0.25, 0.3) is 0 Å². The highest BCUT2D eigenvalue weighted by Gasteiger charge is 2.48. The fraction of sp³-hybridized carbons (Fsp3) is 0.550. The number of aromatic nitrogens is 2. The SMILES string of the molecule is CC(=O)O[C@H]1[C@H](O)[C@@H](O[C@H](C=Nc2cnc([N+](=O)[O-])s2)[C@@H](CO)O[C@H](O)C=Nc2cnc([N+](=O)[O-])s2)O[C@@H](CO)[C@@H]1O. The smallest absolute Gasteiger partial charge is 0.425 e. The molecule has 8 atom stereocenters. The zero-order chi connectivity index (χ0) is 31.0. The van der Waals surface area contributed by atoms with E-state index in [1.54, 1.807) is 0 Å². The van der Waals surface area contributed by atoms with Crippen LogP contribution in [-0.4, -0.2) is 126 Å². The van der Waals surface area contributed by atoms with Crippen molar-refractivity contribution in [3.05, 3.63) is 32.6 Å². The van der Waals surface area contributed by atoms with E-state index in [4.69, 9.17) is 18.9 Å². The summed E-state index contributed by atoms with van der Waals surface area (Å²) in [6.45, 7) is -0.621. The predicted octanol–water partition coefficient (Wildman–Crippen LogP) is -1.03. The maximum absolute atomic E-state index is 11.5. The molecule has 0 bridgehead atoms. The lowest BCUT2D eigenvalue weighted by Crippen LogP contribution is -2.61. The van der Waals surface area contributed by atoms with Gasteiger partial charge >= 0.3 is 16.2 Å². The Labute approximate surface area is 242 Å². The molecule has 0 amide bonds. The average molecular weight is 637 g/mol. The van der Waals surface area contributed by atoms with Crippen LogP contribution in [0.25, 0.3) is 0 Å². The molecule has 1 aliphatic heterocycles. The minimum atomic E-state index is -1.84. The maximum Gasteiger partial charge on any atom is 0.425 e. The Kier molecular flexibility index (Phi) is 11.9. The number of hydrogen-bond donors (Lipinski definition) is 5. The van der Waals surface area contributed by atoms with Gasteiger partial charge in [-0.2, -0.15) is 0 Å². The molecule has 0 aliphatic carbocycles. The first-order chi connectivity index (χ1) is 19.9. The molecule has 0 unspecified atom stereocenters. The zero-order valence-electron chi connectivity index (χ0n) is 21.3. The lowest BCUT2D eigenvalue weighted by molar-refractivity contribution is -0.384. The molecule has 3 rings (SSSR count). The van der Waals surface area contributed by atoms with Gasteiger partial charge in [0.15, 0.2) is 41.1 Å². The molecule has 2 aromatic heterocycles. The molecule has 42 heavy (non-hydrogen) atoms. The van der Waals surface area contributed by atoms with E-state index >= 15 is 0 Å². The number of carbonyl (C=O) groups is 1. The van der Waals surface area contributed by atoms with Gasteiger partial charge in [0.2, 0.25) is 0 Å². The molecule has 5 N–H and O–H groups in total. The molecule has 0 saturated carbocycles. The number of thiazole rings is 2. The Bertz CT molecular complexity index is 1290. The van der Waals surface area contributed by atoms with Crippen LogP contribution in [0.2, 0.25) is 0 Å². The molecule has 0 aromatic carbocycles. The molecule has 0 radical (unpaired) electrons. The molecule has 20 nitrogen and oxygen atoms in total. The fourth-order valence-electron chi connectivity index (χ4n) is 3.39. The van der Waals surface area contributed by atoms with Crippen molar-refractivity contribution in [1.29, 1.82) is 0 Å². The lowest BCUT2D eigenvalue weighted by Gasteiger charge is -2.42. The van der Waals surface area contributed by atoms with Crippen LogP contribution in [0.4, 0.5) is 20.3 Å². The van der Waals surface area contributed by atoms with Gasteiger partial charge in [0, 0.05) is 13.1 Å². The molecule has 22 heteroatoms. The van der Waals surface area contributed by atoms with Gasteiger partial charge in [-0.3, -0.25) is 4.79 Å². The van der Waals surface area contributed by atoms with Crippen LogP contribution in [0.3, 0.4) is 0 Å². The Morgan fingerprint density at radius 1 is 1.10 bits per heavy atom. The summed E-state index contributed by atoms with van der Waals surface area (Å²) in [5.41, 5.74) is 0. The van der Waals surface area contributed by atoms with Crippen molar-refractivity contribution in [1.82, 2.24) is 9.97 Å². The van der Waals surface area contributed by atoms with E-state index in [0.29, 0.717) is 22.7 Å². The lowest BCUT2D eigenvalue weighted by atomic mass is 9.99. The van der Waals surface area contributed by atoms with E-state index < -0.39 is 88.5 Å². The van der Waals surface area contributed by atoms with Crippen LogP contribution in [-0.2, 0) is 23.7 Å². The number of carbonyl (C=O) groups excluding carboxylic acids is 1. The Hall–Kier alpha value is -3.45. The standard InChI is InChI=1S/C20H24N6O14S2/c1-8(29)37-17-15(31)11(7-28)40-18(16(17)32)39-9(2-21-12-3-23-19(41-12)25(33)34)10(6-27)38-14(30)5-22-13-4-24-20(42-13)26(35)36/h2-5,9-11,14-18,27-28,30-32H,6-7H2,1H3/t9-,10-,11+,14+,15+,16+,17-,18+/m1/s1. The summed E-state index contributed by atoms with van der Waals surface area (Å²) in [4.78, 5) is 46.7. The van der Waals surface area contributed by atoms with E-state index in [9.17, 15) is 50.6 Å². The van der Waals surface area contributed by atoms with Crippen molar-refractivity contribution < 1.29 is 59.1 Å². The minimum absolute atomic E-state index is 0.0208. The van der Waals surface area contributed by atoms with Gasteiger partial charge in [-0.1, -0.05) is 0 Å². The summed E-state index contributed by atoms with van der Waals surface area (Å²) in [6.07, 6.45) is -9.09. The number of nitrogens with zero attached hydrogens (tertiary/aromatic N) is 6. The van der Waals surface area contributed by atoms with E-state index in [-0.39, 0.29) is 10.0 Å². The van der Waals surface area contributed by atoms with Crippen molar-refractivity contribution in [2.24, 2.45) is 9.98 Å². The molecule has 2 aromatic rings. The van der Waals surface area contributed by atoms with Crippen molar-refractivity contribution in [2.45, 2.75) is 56.1 Å². The quantitative estimate of drug-likeness (QED) is 0.0544. The van der Waals surface area contributed by atoms with Crippen LogP contribution < -0.4 is 0 Å². The van der Waals surface area contributed by atoms with Crippen molar-refractivity contribution >= 4 is 61.3 Å². The second kappa shape index (κ2) is 15.1. The summed E-state index contributed by atoms with van der Waals surface area (Å²) >= 11 is 1.20. The van der Waals surface area contributed by atoms with Crippen LogP contribution in [0.15, 0.2) is 22.4 Å². The van der Waals surface area contributed by atoms with E-state index in [0.717, 1.165) is 31.7 Å². The first-order valence-electron chi connectivity index (χ1n) is 11.6. The van der Waals surface area contributed by atoms with Gasteiger partial charge in [-0.25, -0.2) is 9.98 Å². The molecule has 1 fully saturated rings. The minimum Gasteiger partial charge on any atom is -0.457 e. The van der Waals surface area contributed by atoms with E-state index in [1.165, 1.54) is 0 Å². The van der Waals surface area contributed by atoms with E-state index in [1.807, 2.05) is 0 Å². The average Bonchev–Trinajstić information content (AvgIpc) is 3.62. The highest BCUT2D eigenvalue weighted by atomic mass is 32.1. The number of nitro groups is 2. The summed E-state index contributed by atoms with van der Waals surface area (Å²) < 4.78 is 21.4. The molecular formula is C20H24N6O14S2. The maximum atomic E-state index is 11.5. The Morgan fingerprint density at radius 3 is 2.14 bits per heavy atom. The molecular weight excluding hydrogens is 612 g/mol. The number of esters is 1. The van der Waals surface area contributed by atoms with Gasteiger partial charge in [-0.15, -0.1) is 0 Å². The second-order valence-corrected chi connectivity index (χ2v) is 10.1. The van der Waals surface area contributed by atoms with Crippen LogP contribution in [0.1, 0.15) is 6.92 Å². The van der Waals surface area contributed by atoms with Crippen LogP contribution in [0, 0.1) is 20.2 Å². The fourth-order valence-corrected chi connectivity index (χ4v) is 4.57. The second-order valence-electron chi connectivity index (χ2n) is 8.16. The highest BCUT2D eigenvalue weighted by Crippen LogP contribution is 2.30. The summed E-state index contributed by atoms with van der Waals surface area (Å²) in [5, 5.41) is 71.9. The van der Waals surface area contributed by atoms with Crippen LogP contribution >= 0.6 is 22.7 Å².